The van der Waals surface area contributed by atoms with Crippen LogP contribution in [0, 0.1) is 0 Å². The molecule has 0 saturated carbocycles. The first-order valence-corrected chi connectivity index (χ1v) is 3.55. The molecule has 0 aromatic heterocycles. The summed E-state index contributed by atoms with van der Waals surface area (Å²) >= 11 is 0. The van der Waals surface area contributed by atoms with Crippen LogP contribution in [0.1, 0.15) is 0 Å². The van der Waals surface area contributed by atoms with Crippen LogP contribution in [0.25, 0.3) is 0 Å². The topological polar surface area (TPSA) is 6.48 Å². The lowest BCUT2D eigenvalue weighted by atomic mass is 9.37. The SMILES string of the molecule is C12C3C4C5C(C1N35)N24. The maximum atomic E-state index is 2.72. The molecular formula is C6H6N2. The summed E-state index contributed by atoms with van der Waals surface area (Å²) in [5.41, 5.74) is 0. The van der Waals surface area contributed by atoms with Crippen LogP contribution >= 0.6 is 0 Å². The van der Waals surface area contributed by atoms with Crippen LogP contribution in [0.3, 0.4) is 0 Å². The highest BCUT2D eigenvalue weighted by atomic mass is 15.7. The maximum Gasteiger partial charge on any atom is 0.0447 e. The molecule has 0 aromatic carbocycles. The minimum absolute atomic E-state index is 1.09. The number of piperazine rings is 9. The van der Waals surface area contributed by atoms with E-state index in [0.29, 0.717) is 0 Å². The Morgan fingerprint density at radius 3 is 0.875 bits per heavy atom. The molecule has 0 bridgehead atoms. The Morgan fingerprint density at radius 1 is 0.500 bits per heavy atom. The van der Waals surface area contributed by atoms with Crippen LogP contribution in [-0.2, 0) is 0 Å². The van der Waals surface area contributed by atoms with Crippen molar-refractivity contribution >= 4 is 0 Å². The van der Waals surface area contributed by atoms with Gasteiger partial charge in [0.25, 0.3) is 0 Å². The molecule has 6 aliphatic rings. The second-order valence-corrected chi connectivity index (χ2v) is 3.84. The van der Waals surface area contributed by atoms with Crippen LogP contribution in [0.4, 0.5) is 0 Å². The predicted octanol–water partition coefficient (Wildman–Crippen LogP) is -1.13. The van der Waals surface area contributed by atoms with Gasteiger partial charge in [-0.3, -0.25) is 9.80 Å². The molecule has 6 fully saturated rings. The zero-order valence-electron chi connectivity index (χ0n) is 4.36. The van der Waals surface area contributed by atoms with Gasteiger partial charge in [0.1, 0.15) is 0 Å². The largest absolute Gasteiger partial charge is 0.285 e. The third-order valence-electron chi connectivity index (χ3n) is 4.17. The summed E-state index contributed by atoms with van der Waals surface area (Å²) in [6, 6.07) is 6.56. The maximum absolute atomic E-state index is 2.72. The lowest BCUT2D eigenvalue weighted by molar-refractivity contribution is -0.532. The van der Waals surface area contributed by atoms with Crippen molar-refractivity contribution < 1.29 is 0 Å². The monoisotopic (exact) mass is 106 g/mol. The zero-order chi connectivity index (χ0) is 4.62. The minimum atomic E-state index is 1.09. The number of nitrogens with zero attached hydrogens (tertiary/aromatic N) is 2. The summed E-state index contributed by atoms with van der Waals surface area (Å²) in [6.45, 7) is 0. The molecule has 6 heterocycles. The van der Waals surface area contributed by atoms with Gasteiger partial charge in [-0.2, -0.15) is 0 Å². The van der Waals surface area contributed by atoms with Crippen LogP contribution in [0.5, 0.6) is 0 Å². The third kappa shape index (κ3) is 0.0624. The number of hydrogen-bond acceptors (Lipinski definition) is 2. The number of piperidine rings is 6. The fourth-order valence-corrected chi connectivity index (χ4v) is 3.91. The average molecular weight is 106 g/mol. The predicted molar refractivity (Wildman–Crippen MR) is 26.4 cm³/mol. The van der Waals surface area contributed by atoms with E-state index in [0.717, 1.165) is 36.3 Å². The van der Waals surface area contributed by atoms with Crippen molar-refractivity contribution in [2.75, 3.05) is 0 Å². The quantitative estimate of drug-likeness (QED) is 0.385. The highest BCUT2D eigenvalue weighted by Crippen LogP contribution is 2.77. The Morgan fingerprint density at radius 2 is 0.750 bits per heavy atom. The minimum Gasteiger partial charge on any atom is -0.285 e. The van der Waals surface area contributed by atoms with Gasteiger partial charge in [0.05, 0.1) is 0 Å². The summed E-state index contributed by atoms with van der Waals surface area (Å²) < 4.78 is 0. The Kier molecular flexibility index (Phi) is 0.141. The normalized spacial score (nSPS) is 94.5. The first-order chi connectivity index (χ1) is 4.00. The van der Waals surface area contributed by atoms with E-state index >= 15 is 0 Å². The van der Waals surface area contributed by atoms with E-state index in [1.807, 2.05) is 0 Å². The van der Waals surface area contributed by atoms with Crippen molar-refractivity contribution in [3.63, 3.8) is 0 Å². The number of hydrogen-bond donors (Lipinski definition) is 0. The van der Waals surface area contributed by atoms with E-state index < -0.39 is 0 Å². The van der Waals surface area contributed by atoms with Gasteiger partial charge in [-0.05, 0) is 0 Å². The fraction of sp³-hybridized carbons (Fsp3) is 1.00. The van der Waals surface area contributed by atoms with Crippen molar-refractivity contribution in [3.05, 3.63) is 0 Å². The van der Waals surface area contributed by atoms with Crippen LogP contribution in [-0.4, -0.2) is 46.1 Å². The van der Waals surface area contributed by atoms with E-state index in [2.05, 4.69) is 9.80 Å². The molecule has 6 aliphatic heterocycles. The molecule has 6 rings (SSSR count). The standard InChI is InChI=1S/C6H6N2/c1-2-4-6-5(7(1)4)3(1)8(2)6/h1-6H. The highest BCUT2D eigenvalue weighted by molar-refractivity contribution is 5.55. The Hall–Kier alpha value is -0.0800. The molecule has 2 heteroatoms. The lowest BCUT2D eigenvalue weighted by Crippen LogP contribution is -3.23. The molecule has 0 radical (unpaired) electrons. The summed E-state index contributed by atoms with van der Waals surface area (Å²) in [4.78, 5) is 5.44. The lowest BCUT2D eigenvalue weighted by Gasteiger charge is -3.04. The van der Waals surface area contributed by atoms with Crippen LogP contribution in [0.15, 0.2) is 0 Å². The van der Waals surface area contributed by atoms with Crippen molar-refractivity contribution in [1.29, 1.82) is 0 Å². The number of rotatable bonds is 0. The third-order valence-corrected chi connectivity index (χ3v) is 4.17. The molecule has 0 spiro atoms. The van der Waals surface area contributed by atoms with E-state index in [4.69, 9.17) is 0 Å². The van der Waals surface area contributed by atoms with Crippen molar-refractivity contribution in [1.82, 2.24) is 9.80 Å². The molecular weight excluding hydrogens is 100 g/mol. The molecule has 0 N–H and O–H groups in total. The van der Waals surface area contributed by atoms with Gasteiger partial charge in [-0.25, -0.2) is 0 Å². The molecule has 0 atom stereocenters. The van der Waals surface area contributed by atoms with Crippen LogP contribution < -0.4 is 0 Å². The van der Waals surface area contributed by atoms with Crippen molar-refractivity contribution in [3.8, 4) is 0 Å². The average Bonchev–Trinajstić information content (AvgIpc) is 1.90. The van der Waals surface area contributed by atoms with Crippen LogP contribution in [0.2, 0.25) is 0 Å². The van der Waals surface area contributed by atoms with Gasteiger partial charge in [0.15, 0.2) is 0 Å². The summed E-state index contributed by atoms with van der Waals surface area (Å²) in [7, 11) is 0. The van der Waals surface area contributed by atoms with Gasteiger partial charge in [-0.15, -0.1) is 0 Å². The second-order valence-electron chi connectivity index (χ2n) is 3.84. The Balaban J connectivity index is 2.00. The summed E-state index contributed by atoms with van der Waals surface area (Å²) in [5.74, 6) is 0. The summed E-state index contributed by atoms with van der Waals surface area (Å²) in [6.07, 6.45) is 0. The fourth-order valence-electron chi connectivity index (χ4n) is 3.91. The molecule has 0 aromatic rings. The molecule has 6 saturated heterocycles. The molecule has 8 heavy (non-hydrogen) atoms. The van der Waals surface area contributed by atoms with E-state index in [9.17, 15) is 0 Å². The van der Waals surface area contributed by atoms with Gasteiger partial charge in [0.2, 0.25) is 0 Å². The molecule has 0 amide bonds. The van der Waals surface area contributed by atoms with E-state index in [-0.39, 0.29) is 0 Å². The van der Waals surface area contributed by atoms with Crippen molar-refractivity contribution in [2.45, 2.75) is 36.3 Å². The van der Waals surface area contributed by atoms with Gasteiger partial charge >= 0.3 is 0 Å². The smallest absolute Gasteiger partial charge is 0.0447 e. The van der Waals surface area contributed by atoms with E-state index in [1.165, 1.54) is 0 Å². The first-order valence-electron chi connectivity index (χ1n) is 3.55. The molecule has 40 valence electrons. The van der Waals surface area contributed by atoms with Crippen molar-refractivity contribution in [2.24, 2.45) is 0 Å². The zero-order valence-corrected chi connectivity index (χ0v) is 4.36. The highest BCUT2D eigenvalue weighted by Gasteiger charge is 2.97. The Labute approximate surface area is 47.1 Å². The first kappa shape index (κ1) is 2.67. The Bertz CT molecular complexity index is 117. The second kappa shape index (κ2) is 0.424. The van der Waals surface area contributed by atoms with Gasteiger partial charge in [0, 0.05) is 36.3 Å². The molecule has 0 aliphatic carbocycles. The summed E-state index contributed by atoms with van der Waals surface area (Å²) in [5, 5.41) is 0. The molecule has 0 unspecified atom stereocenters. The van der Waals surface area contributed by atoms with Gasteiger partial charge < -0.3 is 0 Å². The van der Waals surface area contributed by atoms with E-state index in [1.54, 1.807) is 0 Å². The van der Waals surface area contributed by atoms with Gasteiger partial charge in [-0.1, -0.05) is 0 Å². The molecule has 2 nitrogen and oxygen atoms in total.